The molecule has 1 amide bonds. The van der Waals surface area contributed by atoms with Crippen LogP contribution in [0.25, 0.3) is 0 Å². The molecule has 2 N–H and O–H groups in total. The Morgan fingerprint density at radius 3 is 1.16 bits per heavy atom. The number of phosphoric ester groups is 1. The first-order valence-electron chi connectivity index (χ1n) is 30.7. The highest BCUT2D eigenvalue weighted by Gasteiger charge is 2.23. The van der Waals surface area contributed by atoms with Gasteiger partial charge in [0.25, 0.3) is 7.82 Å². The van der Waals surface area contributed by atoms with E-state index in [1.807, 2.05) is 27.2 Å². The highest BCUT2D eigenvalue weighted by Crippen LogP contribution is 2.38. The Labute approximate surface area is 436 Å². The minimum Gasteiger partial charge on any atom is -0.756 e. The number of rotatable bonds is 57. The van der Waals surface area contributed by atoms with Crippen LogP contribution in [0.3, 0.4) is 0 Å². The molecule has 0 saturated heterocycles. The van der Waals surface area contributed by atoms with Crippen LogP contribution in [-0.4, -0.2) is 68.5 Å². The van der Waals surface area contributed by atoms with Gasteiger partial charge in [-0.05, 0) is 32.1 Å². The third-order valence-electron chi connectivity index (χ3n) is 14.2. The van der Waals surface area contributed by atoms with Gasteiger partial charge in [-0.3, -0.25) is 9.36 Å². The highest BCUT2D eigenvalue weighted by molar-refractivity contribution is 7.45. The molecule has 9 heteroatoms. The van der Waals surface area contributed by atoms with Crippen LogP contribution in [0.1, 0.15) is 309 Å². The van der Waals surface area contributed by atoms with Crippen LogP contribution in [0.4, 0.5) is 0 Å². The van der Waals surface area contributed by atoms with Crippen molar-refractivity contribution in [1.82, 2.24) is 5.32 Å². The average Bonchev–Trinajstić information content (AvgIpc) is 3.32. The highest BCUT2D eigenvalue weighted by atomic mass is 31.2. The second-order valence-corrected chi connectivity index (χ2v) is 23.8. The van der Waals surface area contributed by atoms with E-state index in [0.29, 0.717) is 17.4 Å². The van der Waals surface area contributed by atoms with Crippen molar-refractivity contribution in [3.63, 3.8) is 0 Å². The van der Waals surface area contributed by atoms with E-state index in [9.17, 15) is 19.4 Å². The lowest BCUT2D eigenvalue weighted by atomic mass is 10.0. The Morgan fingerprint density at radius 2 is 0.800 bits per heavy atom. The average molecular weight is 1010 g/mol. The van der Waals surface area contributed by atoms with Gasteiger partial charge >= 0.3 is 0 Å². The van der Waals surface area contributed by atoms with Crippen LogP contribution in [-0.2, 0) is 18.4 Å². The van der Waals surface area contributed by atoms with Gasteiger partial charge in [0.05, 0.1) is 39.9 Å². The summed E-state index contributed by atoms with van der Waals surface area (Å²) in [4.78, 5) is 25.5. The van der Waals surface area contributed by atoms with Crippen LogP contribution in [0.15, 0.2) is 24.3 Å². The monoisotopic (exact) mass is 1010 g/mol. The van der Waals surface area contributed by atoms with E-state index in [4.69, 9.17) is 9.05 Å². The molecule has 0 aromatic carbocycles. The summed E-state index contributed by atoms with van der Waals surface area (Å²) in [6.07, 6.45) is 67.2. The molecule has 0 saturated carbocycles. The largest absolute Gasteiger partial charge is 0.756 e. The predicted octanol–water partition coefficient (Wildman–Crippen LogP) is 18.1. The number of carbonyl (C=O) groups excluding carboxylic acids is 1. The van der Waals surface area contributed by atoms with Crippen molar-refractivity contribution in [2.24, 2.45) is 0 Å². The Hall–Kier alpha value is -1.02. The van der Waals surface area contributed by atoms with E-state index in [2.05, 4.69) is 31.3 Å². The minimum atomic E-state index is -4.60. The molecule has 0 aliphatic heterocycles. The molecule has 0 rings (SSSR count). The summed E-state index contributed by atoms with van der Waals surface area (Å²) in [7, 11) is 1.26. The smallest absolute Gasteiger partial charge is 0.268 e. The molecule has 0 spiro atoms. The zero-order valence-corrected chi connectivity index (χ0v) is 48.4. The fourth-order valence-corrected chi connectivity index (χ4v) is 10.1. The van der Waals surface area contributed by atoms with Crippen LogP contribution in [0, 0.1) is 0 Å². The lowest BCUT2D eigenvalue weighted by Gasteiger charge is -2.29. The second kappa shape index (κ2) is 52.8. The summed E-state index contributed by atoms with van der Waals surface area (Å²) < 4.78 is 23.3. The van der Waals surface area contributed by atoms with Gasteiger partial charge in [-0.1, -0.05) is 295 Å². The maximum absolute atomic E-state index is 12.9. The summed E-state index contributed by atoms with van der Waals surface area (Å²) in [6.45, 7) is 4.66. The normalized spacial score (nSPS) is 14.0. The molecule has 3 atom stereocenters. The molecule has 0 aromatic rings. The maximum Gasteiger partial charge on any atom is 0.268 e. The number of nitrogens with zero attached hydrogens (tertiary/aromatic N) is 1. The van der Waals surface area contributed by atoms with Crippen molar-refractivity contribution < 1.29 is 32.9 Å². The quantitative estimate of drug-likeness (QED) is 0.0272. The number of phosphoric acid groups is 1. The molecule has 0 fully saturated rings. The van der Waals surface area contributed by atoms with Crippen LogP contribution in [0.2, 0.25) is 0 Å². The SMILES string of the molecule is CCCCCCCCCC/C=C/CC/C=C/C(O)C(COP(=O)([O-])OCC[N+](C)(C)C)NC(=O)CCCCCCCCCCCCCCCCCCCCCCCCCCCCCCCCCCCC. The van der Waals surface area contributed by atoms with Gasteiger partial charge < -0.3 is 28.8 Å². The molecule has 416 valence electrons. The number of carbonyl (C=O) groups is 1. The van der Waals surface area contributed by atoms with E-state index in [0.717, 1.165) is 38.5 Å². The van der Waals surface area contributed by atoms with Crippen molar-refractivity contribution in [1.29, 1.82) is 0 Å². The molecule has 0 aliphatic carbocycles. The van der Waals surface area contributed by atoms with Crippen molar-refractivity contribution in [2.75, 3.05) is 40.9 Å². The third kappa shape index (κ3) is 54.7. The number of likely N-dealkylation sites (N-methyl/N-ethyl adjacent to an activating group) is 1. The standard InChI is InChI=1S/C61H121N2O6P/c1-6-8-10-12-14-16-18-20-22-23-24-25-26-27-28-29-30-31-32-33-34-35-36-37-38-39-40-41-43-45-47-49-51-53-55-61(65)62-59(58-69-70(66,67)68-57-56-63(3,4)5)60(64)54-52-50-48-46-44-42-21-19-17-15-13-11-9-7-2/h44,46,52,54,59-60,64H,6-43,45,47-51,53,55-58H2,1-5H3,(H-,62,65,66,67)/b46-44+,54-52+. The van der Waals surface area contributed by atoms with Crippen LogP contribution in [0.5, 0.6) is 0 Å². The first-order valence-corrected chi connectivity index (χ1v) is 32.2. The molecule has 8 nitrogen and oxygen atoms in total. The molecule has 0 heterocycles. The summed E-state index contributed by atoms with van der Waals surface area (Å²) in [5, 5.41) is 13.8. The number of hydrogen-bond donors (Lipinski definition) is 2. The summed E-state index contributed by atoms with van der Waals surface area (Å²) in [6, 6.07) is -0.899. The Morgan fingerprint density at radius 1 is 0.486 bits per heavy atom. The molecule has 0 radical (unpaired) electrons. The van der Waals surface area contributed by atoms with Gasteiger partial charge in [0.1, 0.15) is 13.2 Å². The van der Waals surface area contributed by atoms with Crippen molar-refractivity contribution in [3.05, 3.63) is 24.3 Å². The summed E-state index contributed by atoms with van der Waals surface area (Å²) in [5.41, 5.74) is 0. The Bertz CT molecular complexity index is 1190. The van der Waals surface area contributed by atoms with Gasteiger partial charge in [-0.2, -0.15) is 0 Å². The van der Waals surface area contributed by atoms with E-state index in [1.165, 1.54) is 250 Å². The van der Waals surface area contributed by atoms with Crippen LogP contribution < -0.4 is 10.2 Å². The summed E-state index contributed by atoms with van der Waals surface area (Å²) >= 11 is 0. The van der Waals surface area contributed by atoms with Gasteiger partial charge in [-0.15, -0.1) is 0 Å². The number of aliphatic hydroxyl groups excluding tert-OH is 1. The first kappa shape index (κ1) is 69.0. The molecule has 70 heavy (non-hydrogen) atoms. The predicted molar refractivity (Wildman–Crippen MR) is 302 cm³/mol. The van der Waals surface area contributed by atoms with Gasteiger partial charge in [0, 0.05) is 6.42 Å². The maximum atomic E-state index is 12.9. The number of aliphatic hydroxyl groups is 1. The van der Waals surface area contributed by atoms with Gasteiger partial charge in [-0.25, -0.2) is 0 Å². The Kier molecular flexibility index (Phi) is 52.1. The lowest BCUT2D eigenvalue weighted by Crippen LogP contribution is -2.45. The number of nitrogens with one attached hydrogen (secondary N) is 1. The zero-order valence-electron chi connectivity index (χ0n) is 47.5. The zero-order chi connectivity index (χ0) is 51.3. The van der Waals surface area contributed by atoms with Gasteiger partial charge in [0.15, 0.2) is 0 Å². The van der Waals surface area contributed by atoms with Crippen molar-refractivity contribution in [2.45, 2.75) is 321 Å². The molecular formula is C61H121N2O6P. The molecular weight excluding hydrogens is 888 g/mol. The number of hydrogen-bond acceptors (Lipinski definition) is 6. The lowest BCUT2D eigenvalue weighted by molar-refractivity contribution is -0.870. The minimum absolute atomic E-state index is 0.00390. The van der Waals surface area contributed by atoms with Crippen molar-refractivity contribution in [3.8, 4) is 0 Å². The van der Waals surface area contributed by atoms with E-state index in [-0.39, 0.29) is 19.1 Å². The fourth-order valence-electron chi connectivity index (χ4n) is 9.35. The fraction of sp³-hybridized carbons (Fsp3) is 0.918. The van der Waals surface area contributed by atoms with E-state index < -0.39 is 20.0 Å². The number of unbranched alkanes of at least 4 members (excludes halogenated alkanes) is 42. The Balaban J connectivity index is 3.96. The van der Waals surface area contributed by atoms with Crippen molar-refractivity contribution >= 4 is 13.7 Å². The molecule has 0 aromatic heterocycles. The van der Waals surface area contributed by atoms with E-state index in [1.54, 1.807) is 6.08 Å². The van der Waals surface area contributed by atoms with Crippen LogP contribution >= 0.6 is 7.82 Å². The number of amides is 1. The molecule has 0 aliphatic rings. The number of allylic oxidation sites excluding steroid dienone is 3. The number of quaternary nitrogens is 1. The van der Waals surface area contributed by atoms with E-state index >= 15 is 0 Å². The first-order chi connectivity index (χ1) is 34.0. The second-order valence-electron chi connectivity index (χ2n) is 22.4. The third-order valence-corrected chi connectivity index (χ3v) is 15.1. The topological polar surface area (TPSA) is 108 Å². The molecule has 3 unspecified atom stereocenters. The molecule has 0 bridgehead atoms. The van der Waals surface area contributed by atoms with Gasteiger partial charge in [0.2, 0.25) is 5.91 Å². The summed E-state index contributed by atoms with van der Waals surface area (Å²) in [5.74, 6) is -0.201.